The fourth-order valence-electron chi connectivity index (χ4n) is 1.36. The quantitative estimate of drug-likeness (QED) is 0.481. The molecule has 1 heterocycles. The molecule has 3 atom stereocenters. The number of nitrogens with two attached hydrogens (primary N) is 1. The van der Waals surface area contributed by atoms with Crippen molar-refractivity contribution < 1.29 is 15.0 Å². The summed E-state index contributed by atoms with van der Waals surface area (Å²) in [7, 11) is 0. The van der Waals surface area contributed by atoms with Gasteiger partial charge in [-0.1, -0.05) is 6.92 Å². The minimum Gasteiger partial charge on any atom is -0.388 e. The third-order valence-electron chi connectivity index (χ3n) is 2.33. The zero-order chi connectivity index (χ0) is 10.0. The second-order valence-electron chi connectivity index (χ2n) is 3.39. The van der Waals surface area contributed by atoms with Crippen LogP contribution in [-0.4, -0.2) is 52.4 Å². The molecule has 1 rings (SSSR count). The van der Waals surface area contributed by atoms with Crippen LogP contribution in [-0.2, 0) is 4.79 Å². The highest BCUT2D eigenvalue weighted by molar-refractivity contribution is 5.81. The maximum atomic E-state index is 11.4. The summed E-state index contributed by atoms with van der Waals surface area (Å²) in [5.41, 5.74) is 5.53. The Morgan fingerprint density at radius 2 is 2.00 bits per heavy atom. The fraction of sp³-hybridized carbons (Fsp3) is 0.875. The molecule has 5 heteroatoms. The van der Waals surface area contributed by atoms with Gasteiger partial charge in [-0.3, -0.25) is 4.79 Å². The van der Waals surface area contributed by atoms with Crippen molar-refractivity contribution in [1.29, 1.82) is 0 Å². The minimum atomic E-state index is -0.826. The predicted molar refractivity (Wildman–Crippen MR) is 46.9 cm³/mol. The van der Waals surface area contributed by atoms with Crippen LogP contribution >= 0.6 is 0 Å². The molecule has 0 radical (unpaired) electrons. The summed E-state index contributed by atoms with van der Waals surface area (Å²) in [6, 6.07) is -0.516. The Morgan fingerprint density at radius 3 is 2.38 bits per heavy atom. The predicted octanol–water partition coefficient (Wildman–Crippen LogP) is -1.71. The molecule has 1 aliphatic heterocycles. The van der Waals surface area contributed by atoms with E-state index in [9.17, 15) is 15.0 Å². The number of amides is 1. The van der Waals surface area contributed by atoms with Crippen molar-refractivity contribution in [2.24, 2.45) is 5.73 Å². The standard InChI is InChI=1S/C8H16N2O3/c1-2-5(9)8(13)10-3-6(11)7(12)4-10/h5-7,11-12H,2-4,9H2,1H3/t5-,6-,7+/m1/s1. The number of nitrogens with zero attached hydrogens (tertiary/aromatic N) is 1. The number of hydrogen-bond donors (Lipinski definition) is 3. The lowest BCUT2D eigenvalue weighted by Crippen LogP contribution is -2.42. The van der Waals surface area contributed by atoms with Crippen molar-refractivity contribution in [3.63, 3.8) is 0 Å². The van der Waals surface area contributed by atoms with Crippen molar-refractivity contribution in [1.82, 2.24) is 4.90 Å². The third kappa shape index (κ3) is 2.18. The highest BCUT2D eigenvalue weighted by atomic mass is 16.3. The first-order valence-corrected chi connectivity index (χ1v) is 4.46. The first kappa shape index (κ1) is 10.4. The van der Waals surface area contributed by atoms with Crippen molar-refractivity contribution in [2.45, 2.75) is 31.6 Å². The molecule has 0 aliphatic carbocycles. The average Bonchev–Trinajstić information content (AvgIpc) is 2.44. The summed E-state index contributed by atoms with van der Waals surface area (Å²) in [5, 5.41) is 18.4. The Labute approximate surface area is 77.1 Å². The lowest BCUT2D eigenvalue weighted by atomic mass is 10.2. The SMILES string of the molecule is CC[C@@H](N)C(=O)N1C[C@@H](O)[C@@H](O)C1. The van der Waals surface area contributed by atoms with E-state index in [4.69, 9.17) is 5.73 Å². The highest BCUT2D eigenvalue weighted by Crippen LogP contribution is 2.11. The monoisotopic (exact) mass is 188 g/mol. The van der Waals surface area contributed by atoms with Gasteiger partial charge in [0.15, 0.2) is 0 Å². The Kier molecular flexibility index (Phi) is 3.24. The third-order valence-corrected chi connectivity index (χ3v) is 2.33. The summed E-state index contributed by atoms with van der Waals surface area (Å²) < 4.78 is 0. The van der Waals surface area contributed by atoms with Gasteiger partial charge in [0, 0.05) is 13.1 Å². The summed E-state index contributed by atoms with van der Waals surface area (Å²) in [6.45, 7) is 2.20. The molecule has 1 fully saturated rings. The van der Waals surface area contributed by atoms with Crippen LogP contribution < -0.4 is 5.73 Å². The van der Waals surface area contributed by atoms with E-state index in [1.165, 1.54) is 4.90 Å². The number of hydrogen-bond acceptors (Lipinski definition) is 4. The van der Waals surface area contributed by atoms with Crippen LogP contribution in [0.15, 0.2) is 0 Å². The smallest absolute Gasteiger partial charge is 0.239 e. The van der Waals surface area contributed by atoms with Gasteiger partial charge in [-0.15, -0.1) is 0 Å². The molecule has 76 valence electrons. The van der Waals surface area contributed by atoms with Crippen LogP contribution in [0, 0.1) is 0 Å². The lowest BCUT2D eigenvalue weighted by molar-refractivity contribution is -0.132. The summed E-state index contributed by atoms with van der Waals surface area (Å²) in [6.07, 6.45) is -1.08. The van der Waals surface area contributed by atoms with Gasteiger partial charge in [-0.25, -0.2) is 0 Å². The van der Waals surface area contributed by atoms with Gasteiger partial charge in [0.05, 0.1) is 18.2 Å². The van der Waals surface area contributed by atoms with Gasteiger partial charge >= 0.3 is 0 Å². The second-order valence-corrected chi connectivity index (χ2v) is 3.39. The molecule has 0 unspecified atom stereocenters. The van der Waals surface area contributed by atoms with E-state index in [0.29, 0.717) is 6.42 Å². The summed E-state index contributed by atoms with van der Waals surface area (Å²) >= 11 is 0. The average molecular weight is 188 g/mol. The normalized spacial score (nSPS) is 30.6. The molecule has 13 heavy (non-hydrogen) atoms. The fourth-order valence-corrected chi connectivity index (χ4v) is 1.36. The van der Waals surface area contributed by atoms with Crippen molar-refractivity contribution >= 4 is 5.91 Å². The zero-order valence-corrected chi connectivity index (χ0v) is 7.68. The highest BCUT2D eigenvalue weighted by Gasteiger charge is 2.33. The molecule has 0 aromatic rings. The molecule has 1 saturated heterocycles. The number of rotatable bonds is 2. The molecular formula is C8H16N2O3. The van der Waals surface area contributed by atoms with E-state index < -0.39 is 18.2 Å². The van der Waals surface area contributed by atoms with E-state index in [-0.39, 0.29) is 19.0 Å². The molecule has 1 amide bonds. The van der Waals surface area contributed by atoms with E-state index in [0.717, 1.165) is 0 Å². The molecule has 1 aliphatic rings. The summed E-state index contributed by atoms with van der Waals surface area (Å²) in [5.74, 6) is -0.196. The maximum Gasteiger partial charge on any atom is 0.239 e. The van der Waals surface area contributed by atoms with Crippen LogP contribution in [0.5, 0.6) is 0 Å². The first-order chi connectivity index (χ1) is 6.06. The van der Waals surface area contributed by atoms with Gasteiger partial charge in [0.2, 0.25) is 5.91 Å². The van der Waals surface area contributed by atoms with Crippen molar-refractivity contribution in [3.05, 3.63) is 0 Å². The number of aliphatic hydroxyl groups is 2. The Morgan fingerprint density at radius 1 is 1.54 bits per heavy atom. The van der Waals surface area contributed by atoms with E-state index in [1.54, 1.807) is 0 Å². The lowest BCUT2D eigenvalue weighted by Gasteiger charge is -2.18. The molecule has 0 saturated carbocycles. The number of β-amino-alcohol motifs (C(OH)–C–C–N with tert-alkyl or cyclic N) is 2. The molecule has 0 aromatic carbocycles. The van der Waals surface area contributed by atoms with Crippen LogP contribution in [0.2, 0.25) is 0 Å². The van der Waals surface area contributed by atoms with Crippen LogP contribution in [0.4, 0.5) is 0 Å². The Hall–Kier alpha value is -0.650. The van der Waals surface area contributed by atoms with Crippen molar-refractivity contribution in [2.75, 3.05) is 13.1 Å². The van der Waals surface area contributed by atoms with Crippen molar-refractivity contribution in [3.8, 4) is 0 Å². The molecule has 4 N–H and O–H groups in total. The van der Waals surface area contributed by atoms with Gasteiger partial charge in [-0.05, 0) is 6.42 Å². The van der Waals surface area contributed by atoms with Gasteiger partial charge in [0.1, 0.15) is 0 Å². The van der Waals surface area contributed by atoms with E-state index in [2.05, 4.69) is 0 Å². The maximum absolute atomic E-state index is 11.4. The molecule has 5 nitrogen and oxygen atoms in total. The summed E-state index contributed by atoms with van der Waals surface area (Å²) in [4.78, 5) is 12.9. The van der Waals surface area contributed by atoms with Crippen LogP contribution in [0.25, 0.3) is 0 Å². The molecule has 0 bridgehead atoms. The van der Waals surface area contributed by atoms with E-state index in [1.807, 2.05) is 6.92 Å². The van der Waals surface area contributed by atoms with Gasteiger partial charge < -0.3 is 20.8 Å². The zero-order valence-electron chi connectivity index (χ0n) is 7.68. The number of carbonyl (C=O) groups is 1. The second kappa shape index (κ2) is 4.04. The Bertz CT molecular complexity index is 188. The van der Waals surface area contributed by atoms with E-state index >= 15 is 0 Å². The van der Waals surface area contributed by atoms with Gasteiger partial charge in [0.25, 0.3) is 0 Å². The molecule has 0 aromatic heterocycles. The number of likely N-dealkylation sites (tertiary alicyclic amines) is 1. The minimum absolute atomic E-state index is 0.188. The first-order valence-electron chi connectivity index (χ1n) is 4.46. The molecule has 0 spiro atoms. The largest absolute Gasteiger partial charge is 0.388 e. The topological polar surface area (TPSA) is 86.8 Å². The van der Waals surface area contributed by atoms with Crippen LogP contribution in [0.1, 0.15) is 13.3 Å². The van der Waals surface area contributed by atoms with Crippen LogP contribution in [0.3, 0.4) is 0 Å². The number of carbonyl (C=O) groups excluding carboxylic acids is 1. The molecular weight excluding hydrogens is 172 g/mol. The van der Waals surface area contributed by atoms with Gasteiger partial charge in [-0.2, -0.15) is 0 Å². The number of aliphatic hydroxyl groups excluding tert-OH is 2. The Balaban J connectivity index is 2.50.